The zero-order valence-electron chi connectivity index (χ0n) is 15.7. The van der Waals surface area contributed by atoms with Gasteiger partial charge in [0.1, 0.15) is 34.1 Å². The van der Waals surface area contributed by atoms with E-state index in [0.717, 1.165) is 12.8 Å². The molecule has 0 aliphatic rings. The van der Waals surface area contributed by atoms with Crippen LogP contribution in [0, 0.1) is 0 Å². The molecule has 0 saturated carbocycles. The van der Waals surface area contributed by atoms with Gasteiger partial charge in [-0.25, -0.2) is 9.59 Å². The summed E-state index contributed by atoms with van der Waals surface area (Å²) in [7, 11) is 0. The van der Waals surface area contributed by atoms with E-state index in [1.807, 2.05) is 13.8 Å². The Labute approximate surface area is 162 Å². The van der Waals surface area contributed by atoms with Crippen molar-refractivity contribution in [2.45, 2.75) is 26.7 Å². The quantitative estimate of drug-likeness (QED) is 0.534. The van der Waals surface area contributed by atoms with E-state index in [9.17, 15) is 19.8 Å². The Hall–Kier alpha value is -3.42. The van der Waals surface area contributed by atoms with Gasteiger partial charge in [-0.1, -0.05) is 13.8 Å². The van der Waals surface area contributed by atoms with Crippen molar-refractivity contribution in [3.05, 3.63) is 47.5 Å². The van der Waals surface area contributed by atoms with Crippen molar-refractivity contribution in [2.24, 2.45) is 0 Å². The van der Waals surface area contributed by atoms with Crippen LogP contribution in [-0.4, -0.2) is 45.6 Å². The number of hydrogen-bond donors (Lipinski definition) is 4. The second kappa shape index (κ2) is 11.3. The Morgan fingerprint density at radius 1 is 0.750 bits per heavy atom. The van der Waals surface area contributed by atoms with Gasteiger partial charge in [-0.2, -0.15) is 0 Å². The van der Waals surface area contributed by atoms with Gasteiger partial charge >= 0.3 is 11.9 Å². The lowest BCUT2D eigenvalue weighted by Gasteiger charge is -2.06. The van der Waals surface area contributed by atoms with Crippen LogP contribution in [0.2, 0.25) is 0 Å². The zero-order chi connectivity index (χ0) is 21.1. The number of carboxylic acid groups (broad SMARTS) is 2. The van der Waals surface area contributed by atoms with Gasteiger partial charge in [0, 0.05) is 0 Å². The normalized spacial score (nSPS) is 9.79. The summed E-state index contributed by atoms with van der Waals surface area (Å²) in [6.07, 6.45) is 1.70. The Bertz CT molecular complexity index is 733. The molecular formula is C20H24O8. The number of ether oxygens (including phenoxy) is 2. The Morgan fingerprint density at radius 3 is 1.39 bits per heavy atom. The number of rotatable bonds is 8. The van der Waals surface area contributed by atoms with E-state index in [1.165, 1.54) is 36.4 Å². The summed E-state index contributed by atoms with van der Waals surface area (Å²) in [6, 6.07) is 8.33. The molecule has 2 aromatic rings. The second-order valence-corrected chi connectivity index (χ2v) is 5.67. The maximum Gasteiger partial charge on any atom is 0.339 e. The van der Waals surface area contributed by atoms with Gasteiger partial charge in [-0.3, -0.25) is 0 Å². The van der Waals surface area contributed by atoms with E-state index >= 15 is 0 Å². The third-order valence-electron chi connectivity index (χ3n) is 3.34. The number of hydrogen-bond acceptors (Lipinski definition) is 6. The summed E-state index contributed by atoms with van der Waals surface area (Å²) in [6.45, 7) is 4.98. The molecule has 152 valence electrons. The van der Waals surface area contributed by atoms with E-state index in [1.54, 1.807) is 0 Å². The van der Waals surface area contributed by atoms with E-state index < -0.39 is 11.9 Å². The first-order valence-electron chi connectivity index (χ1n) is 8.68. The van der Waals surface area contributed by atoms with Crippen LogP contribution in [0.4, 0.5) is 0 Å². The number of carboxylic acids is 2. The standard InChI is InChI=1S/2C10H12O4/c2*1-2-5-14-7-3-4-9(11)8(6-7)10(12)13/h2*3-4,6,11H,2,5H2,1H3,(H,12,13). The molecule has 0 radical (unpaired) electrons. The van der Waals surface area contributed by atoms with Crippen LogP contribution in [0.5, 0.6) is 23.0 Å². The highest BCUT2D eigenvalue weighted by molar-refractivity contribution is 5.91. The first kappa shape index (κ1) is 22.6. The smallest absolute Gasteiger partial charge is 0.339 e. The second-order valence-electron chi connectivity index (χ2n) is 5.67. The molecule has 0 heterocycles. The predicted molar refractivity (Wildman–Crippen MR) is 102 cm³/mol. The highest BCUT2D eigenvalue weighted by atomic mass is 16.5. The first-order valence-corrected chi connectivity index (χ1v) is 8.68. The van der Waals surface area contributed by atoms with Crippen LogP contribution in [0.3, 0.4) is 0 Å². The van der Waals surface area contributed by atoms with E-state index in [4.69, 9.17) is 19.7 Å². The van der Waals surface area contributed by atoms with Crippen molar-refractivity contribution in [1.29, 1.82) is 0 Å². The molecule has 0 aromatic heterocycles. The zero-order valence-corrected chi connectivity index (χ0v) is 15.7. The predicted octanol–water partition coefficient (Wildman–Crippen LogP) is 3.76. The van der Waals surface area contributed by atoms with Crippen molar-refractivity contribution >= 4 is 11.9 Å². The molecule has 0 atom stereocenters. The third-order valence-corrected chi connectivity index (χ3v) is 3.34. The summed E-state index contributed by atoms with van der Waals surface area (Å²) >= 11 is 0. The molecule has 0 saturated heterocycles. The average Bonchev–Trinajstić information content (AvgIpc) is 2.66. The average molecular weight is 392 g/mol. The summed E-state index contributed by atoms with van der Waals surface area (Å²) in [5.74, 6) is -1.90. The molecule has 0 aliphatic heterocycles. The Kier molecular flexibility index (Phi) is 9.15. The summed E-state index contributed by atoms with van der Waals surface area (Å²) < 4.78 is 10.5. The Balaban J connectivity index is 0.000000280. The maximum atomic E-state index is 10.6. The number of carbonyl (C=O) groups is 2. The molecule has 2 rings (SSSR count). The lowest BCUT2D eigenvalue weighted by Crippen LogP contribution is -1.99. The van der Waals surface area contributed by atoms with E-state index in [2.05, 4.69) is 0 Å². The largest absolute Gasteiger partial charge is 0.507 e. The van der Waals surface area contributed by atoms with E-state index in [0.29, 0.717) is 24.7 Å². The topological polar surface area (TPSA) is 134 Å². The summed E-state index contributed by atoms with van der Waals surface area (Å²) in [5.41, 5.74) is -0.280. The van der Waals surface area contributed by atoms with Crippen LogP contribution >= 0.6 is 0 Å². The fourth-order valence-corrected chi connectivity index (χ4v) is 1.99. The van der Waals surface area contributed by atoms with Gasteiger partial charge in [0.05, 0.1) is 13.2 Å². The molecule has 28 heavy (non-hydrogen) atoms. The lowest BCUT2D eigenvalue weighted by atomic mass is 10.2. The highest BCUT2D eigenvalue weighted by Gasteiger charge is 2.11. The molecule has 4 N–H and O–H groups in total. The SMILES string of the molecule is CCCOc1ccc(O)c(C(=O)O)c1.CCCOc1ccc(O)c(C(=O)O)c1. The fraction of sp³-hybridized carbons (Fsp3) is 0.300. The molecule has 0 bridgehead atoms. The molecule has 8 heteroatoms. The minimum Gasteiger partial charge on any atom is -0.507 e. The number of aromatic hydroxyl groups is 2. The Morgan fingerprint density at radius 2 is 1.11 bits per heavy atom. The molecule has 0 amide bonds. The number of aromatic carboxylic acids is 2. The van der Waals surface area contributed by atoms with Crippen molar-refractivity contribution in [2.75, 3.05) is 13.2 Å². The first-order chi connectivity index (χ1) is 13.3. The van der Waals surface area contributed by atoms with Crippen molar-refractivity contribution in [1.82, 2.24) is 0 Å². The van der Waals surface area contributed by atoms with Gasteiger partial charge in [0.25, 0.3) is 0 Å². The molecule has 0 unspecified atom stereocenters. The minimum absolute atomic E-state index is 0.140. The molecule has 2 aromatic carbocycles. The third kappa shape index (κ3) is 7.06. The van der Waals surface area contributed by atoms with Crippen LogP contribution < -0.4 is 9.47 Å². The minimum atomic E-state index is -1.16. The molecule has 0 fully saturated rings. The van der Waals surface area contributed by atoms with Gasteiger partial charge in [-0.15, -0.1) is 0 Å². The monoisotopic (exact) mass is 392 g/mol. The lowest BCUT2D eigenvalue weighted by molar-refractivity contribution is 0.0682. The molecule has 8 nitrogen and oxygen atoms in total. The van der Waals surface area contributed by atoms with Crippen molar-refractivity contribution < 1.29 is 39.5 Å². The number of benzene rings is 2. The fourth-order valence-electron chi connectivity index (χ4n) is 1.99. The summed E-state index contributed by atoms with van der Waals surface area (Å²) in [5, 5.41) is 35.8. The summed E-state index contributed by atoms with van der Waals surface area (Å²) in [4.78, 5) is 21.3. The van der Waals surface area contributed by atoms with Gasteiger partial charge in [-0.05, 0) is 49.2 Å². The van der Waals surface area contributed by atoms with Gasteiger partial charge in [0.2, 0.25) is 0 Å². The van der Waals surface area contributed by atoms with Crippen LogP contribution in [0.15, 0.2) is 36.4 Å². The highest BCUT2D eigenvalue weighted by Crippen LogP contribution is 2.23. The van der Waals surface area contributed by atoms with Gasteiger partial charge in [0.15, 0.2) is 0 Å². The van der Waals surface area contributed by atoms with Crippen LogP contribution in [0.1, 0.15) is 47.4 Å². The van der Waals surface area contributed by atoms with Crippen molar-refractivity contribution in [3.8, 4) is 23.0 Å². The van der Waals surface area contributed by atoms with Crippen LogP contribution in [-0.2, 0) is 0 Å². The maximum absolute atomic E-state index is 10.6. The van der Waals surface area contributed by atoms with E-state index in [-0.39, 0.29) is 22.6 Å². The van der Waals surface area contributed by atoms with Crippen molar-refractivity contribution in [3.63, 3.8) is 0 Å². The molecule has 0 spiro atoms. The van der Waals surface area contributed by atoms with Gasteiger partial charge < -0.3 is 29.9 Å². The molecular weight excluding hydrogens is 368 g/mol. The number of phenols is 2. The molecule has 0 aliphatic carbocycles. The van der Waals surface area contributed by atoms with Crippen LogP contribution in [0.25, 0.3) is 0 Å².